The Balaban J connectivity index is 0.000000431. The highest BCUT2D eigenvalue weighted by Gasteiger charge is 2.40. The third-order valence-corrected chi connectivity index (χ3v) is 5.16. The van der Waals surface area contributed by atoms with Crippen LogP contribution in [0.3, 0.4) is 0 Å². The number of benzene rings is 1. The number of carbonyl (C=O) groups is 1. The monoisotopic (exact) mass is 366 g/mol. The van der Waals surface area contributed by atoms with Crippen LogP contribution in [0.1, 0.15) is 37.2 Å². The first kappa shape index (κ1) is 20.1. The fourth-order valence-corrected chi connectivity index (χ4v) is 3.71. The van der Waals surface area contributed by atoms with Crippen molar-refractivity contribution in [2.24, 2.45) is 0 Å². The number of esters is 1. The first-order chi connectivity index (χ1) is 12.5. The quantitative estimate of drug-likeness (QED) is 0.481. The Hall–Kier alpha value is -2.19. The molecular weight excluding hydrogens is 340 g/mol. The number of piperidine rings is 1. The highest BCUT2D eigenvalue weighted by Crippen LogP contribution is 2.36. The van der Waals surface area contributed by atoms with E-state index >= 15 is 0 Å². The van der Waals surface area contributed by atoms with Gasteiger partial charge in [0.25, 0.3) is 5.09 Å². The SMILES string of the molecule is CN1[C@@H]2CC[C@H]1CC(OC(=O)C(CO)c1ccccc1)C2.CO[N+](=O)[O-]. The van der Waals surface area contributed by atoms with E-state index in [1.54, 1.807) is 0 Å². The summed E-state index contributed by atoms with van der Waals surface area (Å²) < 4.78 is 5.70. The minimum atomic E-state index is -0.875. The van der Waals surface area contributed by atoms with E-state index in [2.05, 4.69) is 16.8 Å². The average Bonchev–Trinajstić information content (AvgIpc) is 2.84. The molecule has 0 radical (unpaired) electrons. The number of hydrogen-bond donors (Lipinski definition) is 1. The molecule has 2 unspecified atom stereocenters. The summed E-state index contributed by atoms with van der Waals surface area (Å²) in [6, 6.07) is 10.5. The van der Waals surface area contributed by atoms with E-state index in [1.165, 1.54) is 12.8 Å². The number of aliphatic hydroxyl groups is 1. The Morgan fingerprint density at radius 2 is 1.85 bits per heavy atom. The van der Waals surface area contributed by atoms with Gasteiger partial charge in [-0.05, 0) is 38.3 Å². The zero-order valence-corrected chi connectivity index (χ0v) is 15.1. The first-order valence-corrected chi connectivity index (χ1v) is 8.73. The van der Waals surface area contributed by atoms with Gasteiger partial charge in [0.15, 0.2) is 0 Å². The maximum absolute atomic E-state index is 12.4. The van der Waals surface area contributed by atoms with Crippen molar-refractivity contribution < 1.29 is 24.6 Å². The van der Waals surface area contributed by atoms with Crippen LogP contribution < -0.4 is 0 Å². The molecule has 1 N–H and O–H groups in total. The normalized spacial score (nSPS) is 25.6. The summed E-state index contributed by atoms with van der Waals surface area (Å²) in [4.78, 5) is 27.2. The Kier molecular flexibility index (Phi) is 7.35. The molecule has 2 aliphatic rings. The summed E-state index contributed by atoms with van der Waals surface area (Å²) in [5, 5.41) is 17.6. The first-order valence-electron chi connectivity index (χ1n) is 8.73. The lowest BCUT2D eigenvalue weighted by Gasteiger charge is -2.36. The maximum atomic E-state index is 12.4. The van der Waals surface area contributed by atoms with Crippen molar-refractivity contribution in [3.8, 4) is 0 Å². The number of carbonyl (C=O) groups excluding carboxylic acids is 1. The number of aliphatic hydroxyl groups excluding tert-OH is 1. The summed E-state index contributed by atoms with van der Waals surface area (Å²) in [6.45, 7) is -0.206. The summed E-state index contributed by atoms with van der Waals surface area (Å²) in [5.41, 5.74) is 0.820. The van der Waals surface area contributed by atoms with Crippen molar-refractivity contribution in [2.45, 2.75) is 49.8 Å². The number of rotatable bonds is 5. The van der Waals surface area contributed by atoms with E-state index in [9.17, 15) is 9.90 Å². The van der Waals surface area contributed by atoms with Gasteiger partial charge in [-0.1, -0.05) is 30.3 Å². The summed E-state index contributed by atoms with van der Waals surface area (Å²) in [7, 11) is 3.17. The van der Waals surface area contributed by atoms with E-state index in [0.29, 0.717) is 12.1 Å². The van der Waals surface area contributed by atoms with E-state index < -0.39 is 11.0 Å². The minimum Gasteiger partial charge on any atom is -0.462 e. The molecule has 0 spiro atoms. The minimum absolute atomic E-state index is 0.00367. The summed E-state index contributed by atoms with van der Waals surface area (Å²) in [6.07, 6.45) is 4.26. The second kappa shape index (κ2) is 9.49. The van der Waals surface area contributed by atoms with Crippen LogP contribution in [0.5, 0.6) is 0 Å². The second-order valence-electron chi connectivity index (χ2n) is 6.63. The Labute approximate surface area is 152 Å². The van der Waals surface area contributed by atoms with Crippen LogP contribution in [-0.4, -0.2) is 60.0 Å². The molecule has 0 amide bonds. The molecule has 2 aliphatic heterocycles. The van der Waals surface area contributed by atoms with Crippen LogP contribution in [-0.2, 0) is 14.4 Å². The lowest BCUT2D eigenvalue weighted by atomic mass is 9.98. The van der Waals surface area contributed by atoms with Crippen molar-refractivity contribution in [3.63, 3.8) is 0 Å². The van der Waals surface area contributed by atoms with Gasteiger partial charge in [0.1, 0.15) is 12.0 Å². The fourth-order valence-electron chi connectivity index (χ4n) is 3.71. The van der Waals surface area contributed by atoms with E-state index in [-0.39, 0.29) is 18.7 Å². The van der Waals surface area contributed by atoms with Crippen LogP contribution >= 0.6 is 0 Å². The number of fused-ring (bicyclic) bond motifs is 2. The van der Waals surface area contributed by atoms with Crippen molar-refractivity contribution in [2.75, 3.05) is 20.8 Å². The predicted octanol–water partition coefficient (Wildman–Crippen LogP) is 1.76. The molecule has 2 heterocycles. The van der Waals surface area contributed by atoms with Crippen molar-refractivity contribution >= 4 is 5.97 Å². The zero-order valence-electron chi connectivity index (χ0n) is 15.1. The molecule has 0 aliphatic carbocycles. The molecule has 2 fully saturated rings. The predicted molar refractivity (Wildman–Crippen MR) is 94.0 cm³/mol. The molecule has 2 bridgehead atoms. The highest BCUT2D eigenvalue weighted by atomic mass is 16.9. The van der Waals surface area contributed by atoms with Crippen molar-refractivity contribution in [3.05, 3.63) is 46.0 Å². The van der Waals surface area contributed by atoms with E-state index in [1.807, 2.05) is 30.3 Å². The van der Waals surface area contributed by atoms with Crippen molar-refractivity contribution in [1.29, 1.82) is 0 Å². The molecule has 1 aromatic carbocycles. The van der Waals surface area contributed by atoms with E-state index in [4.69, 9.17) is 14.9 Å². The molecule has 8 heteroatoms. The average molecular weight is 366 g/mol. The van der Waals surface area contributed by atoms with Gasteiger partial charge in [-0.3, -0.25) is 4.79 Å². The summed E-state index contributed by atoms with van der Waals surface area (Å²) in [5.74, 6) is -0.860. The highest BCUT2D eigenvalue weighted by molar-refractivity contribution is 5.78. The Bertz CT molecular complexity index is 583. The Morgan fingerprint density at radius 1 is 1.31 bits per heavy atom. The molecule has 0 aromatic heterocycles. The van der Waals surface area contributed by atoms with Crippen LogP contribution in [0.4, 0.5) is 0 Å². The lowest BCUT2D eigenvalue weighted by Crippen LogP contribution is -2.43. The third kappa shape index (κ3) is 5.15. The van der Waals surface area contributed by atoms with Gasteiger partial charge in [-0.25, -0.2) is 0 Å². The van der Waals surface area contributed by atoms with Gasteiger partial charge in [0.2, 0.25) is 0 Å². The lowest BCUT2D eigenvalue weighted by molar-refractivity contribution is -0.749. The molecule has 144 valence electrons. The second-order valence-corrected chi connectivity index (χ2v) is 6.63. The van der Waals surface area contributed by atoms with Gasteiger partial charge in [-0.2, -0.15) is 0 Å². The molecule has 3 rings (SSSR count). The number of nitrogens with zero attached hydrogens (tertiary/aromatic N) is 2. The standard InChI is InChI=1S/C17H23NO3.CH3NO3/c1-18-13-7-8-14(18)10-15(9-13)21-17(20)16(11-19)12-5-3-2-4-6-12;1-5-2(3)4/h2-6,13-16,19H,7-11H2,1H3;1H3/t13-,14+,15?,16?;. The van der Waals surface area contributed by atoms with E-state index in [0.717, 1.165) is 25.5 Å². The maximum Gasteiger partial charge on any atom is 0.316 e. The summed E-state index contributed by atoms with van der Waals surface area (Å²) >= 11 is 0. The largest absolute Gasteiger partial charge is 0.462 e. The Morgan fingerprint density at radius 3 is 2.31 bits per heavy atom. The van der Waals surface area contributed by atoms with Crippen LogP contribution in [0.25, 0.3) is 0 Å². The van der Waals surface area contributed by atoms with Crippen LogP contribution in [0, 0.1) is 10.1 Å². The topological polar surface area (TPSA) is 102 Å². The molecule has 4 atom stereocenters. The molecule has 2 saturated heterocycles. The van der Waals surface area contributed by atoms with Gasteiger partial charge in [0.05, 0.1) is 13.7 Å². The number of hydrogen-bond acceptors (Lipinski definition) is 7. The van der Waals surface area contributed by atoms with Gasteiger partial charge in [-0.15, -0.1) is 10.1 Å². The molecule has 26 heavy (non-hydrogen) atoms. The number of ether oxygens (including phenoxy) is 1. The van der Waals surface area contributed by atoms with Gasteiger partial charge in [0, 0.05) is 12.1 Å². The van der Waals surface area contributed by atoms with Crippen LogP contribution in [0.15, 0.2) is 30.3 Å². The fraction of sp³-hybridized carbons (Fsp3) is 0.611. The van der Waals surface area contributed by atoms with Gasteiger partial charge < -0.3 is 19.6 Å². The smallest absolute Gasteiger partial charge is 0.316 e. The van der Waals surface area contributed by atoms with Gasteiger partial charge >= 0.3 is 5.97 Å². The molecule has 8 nitrogen and oxygen atoms in total. The van der Waals surface area contributed by atoms with Crippen LogP contribution in [0.2, 0.25) is 0 Å². The molecule has 1 aromatic rings. The molecular formula is C18H26N2O6. The third-order valence-electron chi connectivity index (χ3n) is 5.16. The van der Waals surface area contributed by atoms with Crippen molar-refractivity contribution in [1.82, 2.24) is 4.90 Å². The zero-order chi connectivity index (χ0) is 19.1. The molecule has 0 saturated carbocycles.